The van der Waals surface area contributed by atoms with E-state index in [0.717, 1.165) is 0 Å². The fourth-order valence-electron chi connectivity index (χ4n) is 4.16. The smallest absolute Gasteiger partial charge is 0.0503 e. The number of aromatic nitrogens is 1. The first kappa shape index (κ1) is 10.1. The van der Waals surface area contributed by atoms with Crippen LogP contribution in [-0.2, 0) is 24.7 Å². The lowest BCUT2D eigenvalue weighted by Gasteiger charge is -2.18. The first-order chi connectivity index (χ1) is 8.21. The highest BCUT2D eigenvalue weighted by Crippen LogP contribution is 2.57. The molecule has 1 spiro atoms. The van der Waals surface area contributed by atoms with Crippen molar-refractivity contribution < 1.29 is 0 Å². The molecule has 0 N–H and O–H groups in total. The zero-order chi connectivity index (χ0) is 11.6. The quantitative estimate of drug-likeness (QED) is 0.713. The third kappa shape index (κ3) is 1.23. The third-order valence-electron chi connectivity index (χ3n) is 5.16. The minimum Gasteiger partial charge on any atom is -0.257 e. The van der Waals surface area contributed by atoms with Crippen molar-refractivity contribution in [3.63, 3.8) is 0 Å². The van der Waals surface area contributed by atoms with Crippen LogP contribution in [0.1, 0.15) is 73.5 Å². The molecular formula is C16H21N. The number of nitrogens with zero attached hydrogens (tertiary/aromatic N) is 1. The van der Waals surface area contributed by atoms with Gasteiger partial charge in [0.15, 0.2) is 0 Å². The minimum absolute atomic E-state index is 0.552. The third-order valence-corrected chi connectivity index (χ3v) is 5.16. The Balaban J connectivity index is 1.99. The molecule has 0 aliphatic heterocycles. The molecule has 0 amide bonds. The molecule has 1 nitrogen and oxygen atoms in total. The molecule has 0 atom stereocenters. The molecule has 3 aliphatic rings. The molecule has 1 aromatic rings. The van der Waals surface area contributed by atoms with Crippen molar-refractivity contribution in [3.8, 4) is 0 Å². The predicted octanol–water partition coefficient (Wildman–Crippen LogP) is 3.67. The Hall–Kier alpha value is -0.850. The first-order valence-electron chi connectivity index (χ1n) is 7.26. The maximum Gasteiger partial charge on any atom is 0.0503 e. The van der Waals surface area contributed by atoms with Crippen LogP contribution in [0.2, 0.25) is 0 Å². The molecular weight excluding hydrogens is 206 g/mol. The molecule has 0 radical (unpaired) electrons. The number of hydrogen-bond acceptors (Lipinski definition) is 1. The molecule has 1 fully saturated rings. The lowest BCUT2D eigenvalue weighted by atomic mass is 9.90. The van der Waals surface area contributed by atoms with Gasteiger partial charge in [-0.05, 0) is 67.6 Å². The van der Waals surface area contributed by atoms with Gasteiger partial charge in [0.2, 0.25) is 0 Å². The van der Waals surface area contributed by atoms with Gasteiger partial charge in [-0.1, -0.05) is 13.8 Å². The molecule has 4 rings (SSSR count). The Morgan fingerprint density at radius 1 is 1.00 bits per heavy atom. The molecule has 1 saturated carbocycles. The predicted molar refractivity (Wildman–Crippen MR) is 69.6 cm³/mol. The number of rotatable bonds is 1. The molecule has 3 aliphatic carbocycles. The topological polar surface area (TPSA) is 12.9 Å². The normalized spacial score (nSPS) is 23.2. The maximum atomic E-state index is 5.09. The summed E-state index contributed by atoms with van der Waals surface area (Å²) in [4.78, 5) is 5.09. The Morgan fingerprint density at radius 3 is 2.53 bits per heavy atom. The van der Waals surface area contributed by atoms with Crippen molar-refractivity contribution in [1.82, 2.24) is 4.98 Å². The van der Waals surface area contributed by atoms with Crippen LogP contribution in [0.3, 0.4) is 0 Å². The van der Waals surface area contributed by atoms with Crippen molar-refractivity contribution in [3.05, 3.63) is 28.1 Å². The minimum atomic E-state index is 0.552. The van der Waals surface area contributed by atoms with Crippen LogP contribution in [0.25, 0.3) is 0 Å². The molecule has 0 aromatic carbocycles. The summed E-state index contributed by atoms with van der Waals surface area (Å²) in [5.41, 5.74) is 8.54. The Kier molecular flexibility index (Phi) is 1.86. The number of pyridine rings is 1. The zero-order valence-electron chi connectivity index (χ0n) is 11.0. The fraction of sp³-hybridized carbons (Fsp3) is 0.688. The van der Waals surface area contributed by atoms with E-state index < -0.39 is 0 Å². The standard InChI is InChI=1S/C16H21N/c1-10(2)14-11-4-3-5-13(11)17-15-12(14)6-7-16(15)8-9-16/h10H,3-9H2,1-2H3. The summed E-state index contributed by atoms with van der Waals surface area (Å²) < 4.78 is 0. The van der Waals surface area contributed by atoms with Crippen molar-refractivity contribution in [2.45, 2.75) is 70.1 Å². The number of aryl methyl sites for hydroxylation is 1. The second-order valence-electron chi connectivity index (χ2n) is 6.57. The van der Waals surface area contributed by atoms with Crippen LogP contribution < -0.4 is 0 Å². The van der Waals surface area contributed by atoms with Gasteiger partial charge in [-0.3, -0.25) is 4.98 Å². The van der Waals surface area contributed by atoms with Crippen LogP contribution in [0, 0.1) is 0 Å². The second kappa shape index (κ2) is 3.13. The Bertz CT molecular complexity index is 495. The van der Waals surface area contributed by atoms with Gasteiger partial charge in [0, 0.05) is 11.1 Å². The Labute approximate surface area is 104 Å². The van der Waals surface area contributed by atoms with Gasteiger partial charge in [-0.2, -0.15) is 0 Å². The molecule has 0 bridgehead atoms. The lowest BCUT2D eigenvalue weighted by Crippen LogP contribution is -2.09. The van der Waals surface area contributed by atoms with E-state index in [2.05, 4.69) is 13.8 Å². The number of fused-ring (bicyclic) bond motifs is 3. The monoisotopic (exact) mass is 227 g/mol. The summed E-state index contributed by atoms with van der Waals surface area (Å²) in [7, 11) is 0. The molecule has 17 heavy (non-hydrogen) atoms. The summed E-state index contributed by atoms with van der Waals surface area (Å²) in [6, 6.07) is 0. The highest BCUT2D eigenvalue weighted by molar-refractivity contribution is 5.51. The maximum absolute atomic E-state index is 5.09. The second-order valence-corrected chi connectivity index (χ2v) is 6.57. The van der Waals surface area contributed by atoms with E-state index in [4.69, 9.17) is 4.98 Å². The molecule has 0 saturated heterocycles. The van der Waals surface area contributed by atoms with Crippen molar-refractivity contribution in [2.24, 2.45) is 0 Å². The first-order valence-corrected chi connectivity index (χ1v) is 7.26. The highest BCUT2D eigenvalue weighted by atomic mass is 14.8. The highest BCUT2D eigenvalue weighted by Gasteiger charge is 2.51. The van der Waals surface area contributed by atoms with Crippen LogP contribution >= 0.6 is 0 Å². The summed E-state index contributed by atoms with van der Waals surface area (Å²) in [5.74, 6) is 0.687. The van der Waals surface area contributed by atoms with Crippen molar-refractivity contribution in [1.29, 1.82) is 0 Å². The average Bonchev–Trinajstić information content (AvgIpc) is 2.78. The van der Waals surface area contributed by atoms with E-state index in [0.29, 0.717) is 11.3 Å². The van der Waals surface area contributed by atoms with E-state index in [9.17, 15) is 0 Å². The largest absolute Gasteiger partial charge is 0.257 e. The molecule has 90 valence electrons. The summed E-state index contributed by atoms with van der Waals surface area (Å²) in [6.45, 7) is 4.73. The van der Waals surface area contributed by atoms with Crippen LogP contribution in [0.15, 0.2) is 0 Å². The Morgan fingerprint density at radius 2 is 1.82 bits per heavy atom. The van der Waals surface area contributed by atoms with Gasteiger partial charge >= 0.3 is 0 Å². The van der Waals surface area contributed by atoms with Gasteiger partial charge in [-0.25, -0.2) is 0 Å². The van der Waals surface area contributed by atoms with E-state index in [1.54, 1.807) is 16.7 Å². The molecule has 0 unspecified atom stereocenters. The van der Waals surface area contributed by atoms with Gasteiger partial charge in [-0.15, -0.1) is 0 Å². The molecule has 1 heterocycles. The van der Waals surface area contributed by atoms with E-state index in [-0.39, 0.29) is 0 Å². The summed E-state index contributed by atoms with van der Waals surface area (Å²) in [5, 5.41) is 0. The van der Waals surface area contributed by atoms with E-state index in [1.807, 2.05) is 0 Å². The van der Waals surface area contributed by atoms with Gasteiger partial charge in [0.1, 0.15) is 0 Å². The van der Waals surface area contributed by atoms with Crippen molar-refractivity contribution >= 4 is 0 Å². The average molecular weight is 227 g/mol. The summed E-state index contributed by atoms with van der Waals surface area (Å²) >= 11 is 0. The van der Waals surface area contributed by atoms with Gasteiger partial charge in [0.05, 0.1) is 5.69 Å². The zero-order valence-corrected chi connectivity index (χ0v) is 11.0. The van der Waals surface area contributed by atoms with Crippen LogP contribution in [0.4, 0.5) is 0 Å². The van der Waals surface area contributed by atoms with Gasteiger partial charge in [0.25, 0.3) is 0 Å². The number of hydrogen-bond donors (Lipinski definition) is 0. The molecule has 1 aromatic heterocycles. The van der Waals surface area contributed by atoms with Crippen LogP contribution in [-0.4, -0.2) is 4.98 Å². The van der Waals surface area contributed by atoms with E-state index in [1.165, 1.54) is 56.3 Å². The SMILES string of the molecule is CC(C)c1c2c(nc3c1CCC31CC1)CCC2. The fourth-order valence-corrected chi connectivity index (χ4v) is 4.16. The van der Waals surface area contributed by atoms with Crippen molar-refractivity contribution in [2.75, 3.05) is 0 Å². The van der Waals surface area contributed by atoms with Gasteiger partial charge < -0.3 is 0 Å². The lowest BCUT2D eigenvalue weighted by molar-refractivity contribution is 0.661. The molecule has 1 heteroatoms. The van der Waals surface area contributed by atoms with E-state index >= 15 is 0 Å². The van der Waals surface area contributed by atoms with Crippen LogP contribution in [0.5, 0.6) is 0 Å². The summed E-state index contributed by atoms with van der Waals surface area (Å²) in [6.07, 6.45) is 9.36.